The van der Waals surface area contributed by atoms with E-state index in [-0.39, 0.29) is 27.7 Å². The molecule has 1 N–H and O–H groups in total. The molecular weight excluding hydrogens is 426 g/mol. The molecule has 32 heavy (non-hydrogen) atoms. The van der Waals surface area contributed by atoms with E-state index in [4.69, 9.17) is 0 Å². The Labute approximate surface area is 192 Å². The van der Waals surface area contributed by atoms with Gasteiger partial charge >= 0.3 is 0 Å². The third-order valence-corrected chi connectivity index (χ3v) is 7.07. The van der Waals surface area contributed by atoms with E-state index in [1.807, 2.05) is 23.1 Å². The number of piperidine rings is 1. The van der Waals surface area contributed by atoms with Crippen molar-refractivity contribution in [3.63, 3.8) is 0 Å². The lowest BCUT2D eigenvalue weighted by molar-refractivity contribution is -0.132. The number of aromatic nitrogens is 2. The number of nitrogens with zero attached hydrogens (tertiary/aromatic N) is 4. The minimum absolute atomic E-state index is 0.162. The van der Waals surface area contributed by atoms with Crippen LogP contribution in [0, 0.1) is 5.92 Å². The molecule has 0 radical (unpaired) electrons. The first-order chi connectivity index (χ1) is 15.6. The van der Waals surface area contributed by atoms with Gasteiger partial charge in [0, 0.05) is 38.3 Å². The van der Waals surface area contributed by atoms with Gasteiger partial charge in [-0.2, -0.15) is 0 Å². The van der Waals surface area contributed by atoms with Crippen LogP contribution in [0.3, 0.4) is 0 Å². The average Bonchev–Trinajstić information content (AvgIpc) is 3.15. The molecule has 3 heterocycles. The molecule has 9 heteroatoms. The maximum atomic E-state index is 12.8. The first-order valence-corrected chi connectivity index (χ1v) is 12.2. The summed E-state index contributed by atoms with van der Waals surface area (Å²) in [5, 5.41) is 11.0. The number of amides is 3. The van der Waals surface area contributed by atoms with Crippen LogP contribution in [0.5, 0.6) is 0 Å². The van der Waals surface area contributed by atoms with Gasteiger partial charge < -0.3 is 15.1 Å². The number of anilines is 1. The molecule has 2 fully saturated rings. The zero-order valence-corrected chi connectivity index (χ0v) is 19.0. The van der Waals surface area contributed by atoms with Crippen molar-refractivity contribution in [1.82, 2.24) is 20.0 Å². The summed E-state index contributed by atoms with van der Waals surface area (Å²) in [6.07, 6.45) is 6.83. The van der Waals surface area contributed by atoms with Gasteiger partial charge in [-0.25, -0.2) is 0 Å². The molecule has 0 unspecified atom stereocenters. The minimum atomic E-state index is -0.376. The monoisotopic (exact) mass is 455 g/mol. The number of rotatable bonds is 5. The maximum absolute atomic E-state index is 12.8. The Hall–Kier alpha value is -2.81. The Morgan fingerprint density at radius 2 is 1.53 bits per heavy atom. The van der Waals surface area contributed by atoms with E-state index in [2.05, 4.69) is 15.5 Å². The standard InChI is InChI=1S/C23H29N5O3S/c29-19(27-12-6-1-2-7-13-27)16-17-10-14-28(15-11-17)23(31)22-26-25-21(32-22)20(30)24-18-8-4-3-5-9-18/h3-5,8-9,17H,1-2,6-7,10-16H2,(H,24,30). The Kier molecular flexibility index (Phi) is 7.47. The van der Waals surface area contributed by atoms with E-state index in [0.29, 0.717) is 31.1 Å². The summed E-state index contributed by atoms with van der Waals surface area (Å²) < 4.78 is 0. The van der Waals surface area contributed by atoms with Crippen molar-refractivity contribution in [3.05, 3.63) is 40.3 Å². The Morgan fingerprint density at radius 1 is 0.875 bits per heavy atom. The summed E-state index contributed by atoms with van der Waals surface area (Å²) in [6.45, 7) is 2.96. The largest absolute Gasteiger partial charge is 0.343 e. The van der Waals surface area contributed by atoms with Crippen LogP contribution in [-0.4, -0.2) is 63.9 Å². The second kappa shape index (κ2) is 10.7. The number of carbonyl (C=O) groups excluding carboxylic acids is 3. The fraction of sp³-hybridized carbons (Fsp3) is 0.522. The highest BCUT2D eigenvalue weighted by atomic mass is 32.1. The SMILES string of the molecule is O=C(Nc1ccccc1)c1nnc(C(=O)N2CCC(CC(=O)N3CCCCCC3)CC2)s1. The third kappa shape index (κ3) is 5.70. The maximum Gasteiger partial charge on any atom is 0.286 e. The first kappa shape index (κ1) is 22.4. The number of hydrogen-bond acceptors (Lipinski definition) is 6. The van der Waals surface area contributed by atoms with Crippen LogP contribution < -0.4 is 5.32 Å². The van der Waals surface area contributed by atoms with Gasteiger partial charge in [-0.3, -0.25) is 14.4 Å². The number of carbonyl (C=O) groups is 3. The van der Waals surface area contributed by atoms with Gasteiger partial charge in [0.05, 0.1) is 0 Å². The average molecular weight is 456 g/mol. The number of hydrogen-bond donors (Lipinski definition) is 1. The van der Waals surface area contributed by atoms with Crippen molar-refractivity contribution in [2.75, 3.05) is 31.5 Å². The molecule has 0 aliphatic carbocycles. The Balaban J connectivity index is 1.26. The molecule has 0 spiro atoms. The molecular formula is C23H29N5O3S. The van der Waals surface area contributed by atoms with E-state index < -0.39 is 0 Å². The highest BCUT2D eigenvalue weighted by Gasteiger charge is 2.29. The van der Waals surface area contributed by atoms with E-state index in [1.165, 1.54) is 12.8 Å². The number of para-hydroxylation sites is 1. The molecule has 4 rings (SSSR count). The molecule has 8 nitrogen and oxygen atoms in total. The summed E-state index contributed by atoms with van der Waals surface area (Å²) in [6, 6.07) is 9.09. The molecule has 0 saturated carbocycles. The molecule has 3 amide bonds. The topological polar surface area (TPSA) is 95.5 Å². The van der Waals surface area contributed by atoms with E-state index in [9.17, 15) is 14.4 Å². The second-order valence-electron chi connectivity index (χ2n) is 8.47. The van der Waals surface area contributed by atoms with Crippen molar-refractivity contribution >= 4 is 34.7 Å². The predicted molar refractivity (Wildman–Crippen MR) is 123 cm³/mol. The molecule has 170 valence electrons. The lowest BCUT2D eigenvalue weighted by atomic mass is 9.93. The van der Waals surface area contributed by atoms with E-state index in [0.717, 1.165) is 50.1 Å². The summed E-state index contributed by atoms with van der Waals surface area (Å²) in [4.78, 5) is 41.6. The van der Waals surface area contributed by atoms with Crippen LogP contribution in [0.1, 0.15) is 64.6 Å². The third-order valence-electron chi connectivity index (χ3n) is 6.16. The zero-order valence-electron chi connectivity index (χ0n) is 18.2. The van der Waals surface area contributed by atoms with Gasteiger partial charge in [0.15, 0.2) is 0 Å². The fourth-order valence-electron chi connectivity index (χ4n) is 4.28. The van der Waals surface area contributed by atoms with Gasteiger partial charge in [0.25, 0.3) is 11.8 Å². The van der Waals surface area contributed by atoms with Gasteiger partial charge in [-0.15, -0.1) is 10.2 Å². The van der Waals surface area contributed by atoms with Crippen molar-refractivity contribution in [3.8, 4) is 0 Å². The molecule has 1 aromatic heterocycles. The Morgan fingerprint density at radius 3 is 2.22 bits per heavy atom. The van der Waals surface area contributed by atoms with Gasteiger partial charge in [-0.1, -0.05) is 42.4 Å². The molecule has 2 saturated heterocycles. The van der Waals surface area contributed by atoms with Crippen molar-refractivity contribution in [2.24, 2.45) is 5.92 Å². The lowest BCUT2D eigenvalue weighted by Crippen LogP contribution is -2.40. The van der Waals surface area contributed by atoms with E-state index >= 15 is 0 Å². The molecule has 0 bridgehead atoms. The fourth-order valence-corrected chi connectivity index (χ4v) is 4.99. The van der Waals surface area contributed by atoms with Crippen molar-refractivity contribution in [2.45, 2.75) is 44.9 Å². The second-order valence-corrected chi connectivity index (χ2v) is 9.44. The summed E-state index contributed by atoms with van der Waals surface area (Å²) in [7, 11) is 0. The molecule has 1 aromatic carbocycles. The summed E-state index contributed by atoms with van der Waals surface area (Å²) >= 11 is 1.01. The van der Waals surface area contributed by atoms with Gasteiger partial charge in [-0.05, 0) is 43.7 Å². The van der Waals surface area contributed by atoms with Crippen LogP contribution in [0.4, 0.5) is 5.69 Å². The van der Waals surface area contributed by atoms with Crippen LogP contribution in [0.25, 0.3) is 0 Å². The van der Waals surface area contributed by atoms with Crippen LogP contribution >= 0.6 is 11.3 Å². The molecule has 2 aromatic rings. The lowest BCUT2D eigenvalue weighted by Gasteiger charge is -2.32. The summed E-state index contributed by atoms with van der Waals surface area (Å²) in [5.74, 6) is 0.00310. The highest BCUT2D eigenvalue weighted by Crippen LogP contribution is 2.24. The zero-order chi connectivity index (χ0) is 22.3. The molecule has 0 atom stereocenters. The molecule has 2 aliphatic heterocycles. The first-order valence-electron chi connectivity index (χ1n) is 11.4. The van der Waals surface area contributed by atoms with Crippen LogP contribution in [0.15, 0.2) is 30.3 Å². The quantitative estimate of drug-likeness (QED) is 0.745. The normalized spacial score (nSPS) is 17.6. The molecule has 2 aliphatic rings. The number of nitrogens with one attached hydrogen (secondary N) is 1. The van der Waals surface area contributed by atoms with Crippen LogP contribution in [-0.2, 0) is 4.79 Å². The Bertz CT molecular complexity index is 932. The van der Waals surface area contributed by atoms with Gasteiger partial charge in [0.1, 0.15) is 0 Å². The van der Waals surface area contributed by atoms with Crippen LogP contribution in [0.2, 0.25) is 0 Å². The number of likely N-dealkylation sites (tertiary alicyclic amines) is 2. The number of benzene rings is 1. The summed E-state index contributed by atoms with van der Waals surface area (Å²) in [5.41, 5.74) is 0.664. The minimum Gasteiger partial charge on any atom is -0.343 e. The van der Waals surface area contributed by atoms with Crippen molar-refractivity contribution in [1.29, 1.82) is 0 Å². The van der Waals surface area contributed by atoms with Crippen molar-refractivity contribution < 1.29 is 14.4 Å². The van der Waals surface area contributed by atoms with Gasteiger partial charge in [0.2, 0.25) is 15.9 Å². The highest BCUT2D eigenvalue weighted by molar-refractivity contribution is 7.15. The van der Waals surface area contributed by atoms with E-state index in [1.54, 1.807) is 17.0 Å². The smallest absolute Gasteiger partial charge is 0.286 e. The predicted octanol–water partition coefficient (Wildman–Crippen LogP) is 3.44.